The molecule has 1 unspecified atom stereocenters. The molecule has 0 spiro atoms. The molecular formula is C18H24N2O4S. The molecule has 0 bridgehead atoms. The van der Waals surface area contributed by atoms with E-state index in [0.29, 0.717) is 28.5 Å². The predicted octanol–water partition coefficient (Wildman–Crippen LogP) is 2.92. The maximum atomic E-state index is 12.3. The predicted molar refractivity (Wildman–Crippen MR) is 101 cm³/mol. The first kappa shape index (κ1) is 20.8. The van der Waals surface area contributed by atoms with Crippen molar-refractivity contribution >= 4 is 29.3 Å². The Balaban J connectivity index is 0.00000151. The number of nitrogens with two attached hydrogens (primary N) is 1. The lowest BCUT2D eigenvalue weighted by molar-refractivity contribution is -0.138. The van der Waals surface area contributed by atoms with Crippen LogP contribution in [0.2, 0.25) is 0 Å². The fourth-order valence-corrected chi connectivity index (χ4v) is 3.07. The second-order valence-electron chi connectivity index (χ2n) is 4.92. The minimum Gasteiger partial charge on any atom is -0.497 e. The van der Waals surface area contributed by atoms with Crippen LogP contribution < -0.4 is 15.8 Å². The molecule has 3 N–H and O–H groups in total. The number of hydrogen-bond donors (Lipinski definition) is 2. The monoisotopic (exact) mass is 364 g/mol. The highest BCUT2D eigenvalue weighted by Crippen LogP contribution is 2.32. The third-order valence-corrected chi connectivity index (χ3v) is 4.21. The summed E-state index contributed by atoms with van der Waals surface area (Å²) < 4.78 is 10.1. The molecule has 25 heavy (non-hydrogen) atoms. The molecule has 0 aliphatic carbocycles. The molecule has 1 atom stereocenters. The van der Waals surface area contributed by atoms with Crippen LogP contribution in [0.3, 0.4) is 0 Å². The lowest BCUT2D eigenvalue weighted by Gasteiger charge is -2.18. The number of carbonyl (C=O) groups is 2. The molecule has 0 aromatic heterocycles. The van der Waals surface area contributed by atoms with E-state index in [-0.39, 0.29) is 17.8 Å². The van der Waals surface area contributed by atoms with Gasteiger partial charge in [0.2, 0.25) is 0 Å². The van der Waals surface area contributed by atoms with Crippen LogP contribution >= 0.6 is 11.8 Å². The molecular weight excluding hydrogens is 340 g/mol. The molecule has 1 aromatic carbocycles. The lowest BCUT2D eigenvalue weighted by Crippen LogP contribution is -2.18. The topological polar surface area (TPSA) is 90.7 Å². The van der Waals surface area contributed by atoms with E-state index in [0.717, 1.165) is 0 Å². The highest BCUT2D eigenvalue weighted by molar-refractivity contribution is 8.06. The number of nitrogens with one attached hydrogen (secondary N) is 1. The molecule has 0 saturated carbocycles. The van der Waals surface area contributed by atoms with Gasteiger partial charge in [0.05, 0.1) is 24.2 Å². The zero-order valence-corrected chi connectivity index (χ0v) is 15.7. The number of methoxy groups -OCH3 is 1. The first-order valence-corrected chi connectivity index (χ1v) is 8.72. The van der Waals surface area contributed by atoms with Crippen molar-refractivity contribution in [3.05, 3.63) is 46.2 Å². The lowest BCUT2D eigenvalue weighted by atomic mass is 10.0. The Labute approximate surface area is 152 Å². The Morgan fingerprint density at radius 2 is 2.04 bits per heavy atom. The molecule has 1 aliphatic rings. The van der Waals surface area contributed by atoms with Gasteiger partial charge >= 0.3 is 5.97 Å². The Morgan fingerprint density at radius 3 is 2.64 bits per heavy atom. The fourth-order valence-electron chi connectivity index (χ4n) is 2.06. The largest absolute Gasteiger partial charge is 0.497 e. The summed E-state index contributed by atoms with van der Waals surface area (Å²) in [7, 11) is 3.07. The van der Waals surface area contributed by atoms with Crippen LogP contribution in [0.1, 0.15) is 13.8 Å². The average molecular weight is 364 g/mol. The van der Waals surface area contributed by atoms with E-state index < -0.39 is 0 Å². The van der Waals surface area contributed by atoms with Crippen LogP contribution in [0, 0.1) is 5.92 Å². The molecule has 0 radical (unpaired) electrons. The zero-order chi connectivity index (χ0) is 18.8. The number of carbonyl (C=O) groups excluding carboxylic acids is 2. The smallest absolute Gasteiger partial charge is 0.335 e. The normalized spacial score (nSPS) is 15.8. The summed E-state index contributed by atoms with van der Waals surface area (Å²) in [5, 5.41) is 4.51. The highest BCUT2D eigenvalue weighted by atomic mass is 32.2. The molecule has 1 heterocycles. The van der Waals surface area contributed by atoms with Crippen LogP contribution in [0.25, 0.3) is 0 Å². The molecule has 7 heteroatoms. The van der Waals surface area contributed by atoms with Gasteiger partial charge in [0, 0.05) is 17.7 Å². The van der Waals surface area contributed by atoms with Crippen molar-refractivity contribution in [3.63, 3.8) is 0 Å². The van der Waals surface area contributed by atoms with Gasteiger partial charge in [0.15, 0.2) is 0 Å². The van der Waals surface area contributed by atoms with Crippen LogP contribution in [0.5, 0.6) is 5.75 Å². The Kier molecular flexibility index (Phi) is 8.80. The average Bonchev–Trinajstić information content (AvgIpc) is 2.63. The van der Waals surface area contributed by atoms with Crippen molar-refractivity contribution in [1.82, 2.24) is 0 Å². The van der Waals surface area contributed by atoms with Crippen LogP contribution in [-0.4, -0.2) is 32.6 Å². The summed E-state index contributed by atoms with van der Waals surface area (Å²) >= 11 is 1.22. The van der Waals surface area contributed by atoms with E-state index in [1.54, 1.807) is 49.8 Å². The molecule has 1 amide bonds. The van der Waals surface area contributed by atoms with Gasteiger partial charge in [-0.2, -0.15) is 0 Å². The van der Waals surface area contributed by atoms with Crippen LogP contribution in [0.4, 0.5) is 5.69 Å². The summed E-state index contributed by atoms with van der Waals surface area (Å²) in [6, 6.07) is 7.14. The quantitative estimate of drug-likeness (QED) is 0.781. The Morgan fingerprint density at radius 1 is 1.32 bits per heavy atom. The summed E-state index contributed by atoms with van der Waals surface area (Å²) in [5.74, 6) is -0.0439. The van der Waals surface area contributed by atoms with E-state index in [4.69, 9.17) is 9.47 Å². The maximum Gasteiger partial charge on any atom is 0.335 e. The van der Waals surface area contributed by atoms with E-state index in [9.17, 15) is 9.59 Å². The van der Waals surface area contributed by atoms with Gasteiger partial charge in [-0.25, -0.2) is 4.79 Å². The summed E-state index contributed by atoms with van der Waals surface area (Å²) in [4.78, 5) is 24.7. The van der Waals surface area contributed by atoms with Crippen molar-refractivity contribution in [2.24, 2.45) is 11.7 Å². The van der Waals surface area contributed by atoms with E-state index >= 15 is 0 Å². The minimum atomic E-state index is -0.337. The van der Waals surface area contributed by atoms with Gasteiger partial charge in [-0.1, -0.05) is 30.8 Å². The highest BCUT2D eigenvalue weighted by Gasteiger charge is 2.23. The Hall–Kier alpha value is -2.25. The van der Waals surface area contributed by atoms with Crippen molar-refractivity contribution in [2.45, 2.75) is 13.8 Å². The second kappa shape index (κ2) is 10.6. The number of amides is 1. The summed E-state index contributed by atoms with van der Waals surface area (Å²) in [6.07, 6.45) is 1.77. The minimum absolute atomic E-state index is 0.165. The SMILES string of the molecule is CCOC(=O)C1=CSC(C(=O)Nc2cccc(OC)c2)=CC1C.CN. The number of benzene rings is 1. The number of hydrogen-bond acceptors (Lipinski definition) is 6. The first-order valence-electron chi connectivity index (χ1n) is 7.84. The van der Waals surface area contributed by atoms with Gasteiger partial charge in [-0.05, 0) is 31.5 Å². The first-order chi connectivity index (χ1) is 12.0. The Bertz CT molecular complexity index is 671. The number of allylic oxidation sites excluding steroid dienone is 1. The third kappa shape index (κ3) is 5.95. The van der Waals surface area contributed by atoms with Crippen molar-refractivity contribution in [2.75, 3.05) is 26.1 Å². The summed E-state index contributed by atoms with van der Waals surface area (Å²) in [5.41, 5.74) is 5.72. The molecule has 2 rings (SSSR count). The van der Waals surface area contributed by atoms with E-state index in [1.165, 1.54) is 18.8 Å². The van der Waals surface area contributed by atoms with Gasteiger partial charge in [0.1, 0.15) is 5.75 Å². The van der Waals surface area contributed by atoms with Crippen molar-refractivity contribution in [3.8, 4) is 5.75 Å². The zero-order valence-electron chi connectivity index (χ0n) is 14.9. The number of ether oxygens (including phenoxy) is 2. The molecule has 0 saturated heterocycles. The van der Waals surface area contributed by atoms with Gasteiger partial charge < -0.3 is 20.5 Å². The van der Waals surface area contributed by atoms with Crippen molar-refractivity contribution < 1.29 is 19.1 Å². The van der Waals surface area contributed by atoms with Gasteiger partial charge in [0.25, 0.3) is 5.91 Å². The second-order valence-corrected chi connectivity index (χ2v) is 5.83. The number of thioether (sulfide) groups is 1. The molecule has 6 nitrogen and oxygen atoms in total. The molecule has 1 aromatic rings. The third-order valence-electron chi connectivity index (χ3n) is 3.27. The molecule has 0 fully saturated rings. The van der Waals surface area contributed by atoms with Crippen molar-refractivity contribution in [1.29, 1.82) is 0 Å². The van der Waals surface area contributed by atoms with Gasteiger partial charge in [-0.15, -0.1) is 0 Å². The number of rotatable bonds is 5. The number of esters is 1. The van der Waals surface area contributed by atoms with Gasteiger partial charge in [-0.3, -0.25) is 4.79 Å². The van der Waals surface area contributed by atoms with Crippen LogP contribution in [0.15, 0.2) is 46.2 Å². The van der Waals surface area contributed by atoms with Crippen LogP contribution in [-0.2, 0) is 14.3 Å². The summed E-state index contributed by atoms with van der Waals surface area (Å²) in [6.45, 7) is 3.96. The van der Waals surface area contributed by atoms with E-state index in [1.807, 2.05) is 6.92 Å². The molecule has 1 aliphatic heterocycles. The molecule has 136 valence electrons. The fraction of sp³-hybridized carbons (Fsp3) is 0.333. The standard InChI is InChI=1S/C17H19NO4S.CH5N/c1-4-22-17(20)14-10-23-15(8-11(14)2)16(19)18-12-6-5-7-13(9-12)21-3;1-2/h5-11H,4H2,1-3H3,(H,18,19);2H2,1H3. The van der Waals surface area contributed by atoms with E-state index in [2.05, 4.69) is 11.1 Å². The number of anilines is 1. The maximum absolute atomic E-state index is 12.3.